The molecule has 1 saturated heterocycles. The monoisotopic (exact) mass is 384 g/mol. The lowest BCUT2D eigenvalue weighted by molar-refractivity contribution is -0.132. The van der Waals surface area contributed by atoms with Gasteiger partial charge in [0.1, 0.15) is 5.52 Å². The number of likely N-dealkylation sites (tertiary alicyclic amines) is 1. The lowest BCUT2D eigenvalue weighted by Crippen LogP contribution is -2.33. The minimum Gasteiger partial charge on any atom is -0.481 e. The molecule has 0 spiro atoms. The van der Waals surface area contributed by atoms with Gasteiger partial charge in [-0.1, -0.05) is 12.1 Å². The normalized spacial score (nSPS) is 16.6. The minimum absolute atomic E-state index is 0.0654. The van der Waals surface area contributed by atoms with Crippen LogP contribution in [-0.2, 0) is 11.3 Å². The number of carbonyl (C=O) groups excluding carboxylic acids is 1. The third-order valence-corrected chi connectivity index (χ3v) is 4.85. The van der Waals surface area contributed by atoms with E-state index in [0.717, 1.165) is 17.6 Å². The van der Waals surface area contributed by atoms with Crippen molar-refractivity contribution in [1.29, 1.82) is 0 Å². The second-order valence-electron chi connectivity index (χ2n) is 6.67. The number of benzene rings is 1. The van der Waals surface area contributed by atoms with E-state index in [1.54, 1.807) is 34.1 Å². The highest BCUT2D eigenvalue weighted by Gasteiger charge is 2.31. The number of amides is 1. The summed E-state index contributed by atoms with van der Waals surface area (Å²) < 4.78 is 20.7. The minimum atomic E-state index is -0.481. The molecule has 9 heteroatoms. The van der Waals surface area contributed by atoms with Crippen molar-refractivity contribution in [3.8, 4) is 5.75 Å². The zero-order valence-electron chi connectivity index (χ0n) is 15.3. The summed E-state index contributed by atoms with van der Waals surface area (Å²) in [5, 5.41) is 4.65. The molecule has 0 saturated carbocycles. The Hall–Kier alpha value is -3.07. The van der Waals surface area contributed by atoms with Gasteiger partial charge in [0, 0.05) is 37.9 Å². The number of nitrogens with zero attached hydrogens (tertiary/aromatic N) is 5. The van der Waals surface area contributed by atoms with Crippen molar-refractivity contribution in [2.75, 3.05) is 26.2 Å². The van der Waals surface area contributed by atoms with E-state index in [9.17, 15) is 9.18 Å². The molecule has 1 aliphatic rings. The van der Waals surface area contributed by atoms with Crippen LogP contribution in [0.25, 0.3) is 11.2 Å². The van der Waals surface area contributed by atoms with Crippen molar-refractivity contribution in [3.63, 3.8) is 0 Å². The first kappa shape index (κ1) is 18.3. The standard InChI is InChI=1S/C19H21FN6O2/c20-14-3-1-2-4-15(14)28-12-16(27)25-9-5-13(11-25)17-18-19(23-8-7-22-18)26(24-17)10-6-21/h1-4,7-8,13H,5-6,9-12,21H2. The average Bonchev–Trinajstić information content (AvgIpc) is 3.33. The van der Waals surface area contributed by atoms with Gasteiger partial charge in [0.25, 0.3) is 5.91 Å². The summed E-state index contributed by atoms with van der Waals surface area (Å²) in [4.78, 5) is 23.0. The molecule has 1 aliphatic heterocycles. The van der Waals surface area contributed by atoms with Crippen LogP contribution in [0.4, 0.5) is 4.39 Å². The van der Waals surface area contributed by atoms with Crippen molar-refractivity contribution < 1.29 is 13.9 Å². The number of para-hydroxylation sites is 1. The Balaban J connectivity index is 1.45. The fourth-order valence-electron chi connectivity index (χ4n) is 3.48. The third kappa shape index (κ3) is 3.53. The number of aromatic nitrogens is 4. The summed E-state index contributed by atoms with van der Waals surface area (Å²) in [6.45, 7) is 1.92. The van der Waals surface area contributed by atoms with E-state index in [0.29, 0.717) is 31.8 Å². The van der Waals surface area contributed by atoms with Crippen molar-refractivity contribution in [3.05, 3.63) is 48.2 Å². The smallest absolute Gasteiger partial charge is 0.260 e. The van der Waals surface area contributed by atoms with Gasteiger partial charge in [-0.25, -0.2) is 19.0 Å². The molecule has 0 aliphatic carbocycles. The number of hydrogen-bond donors (Lipinski definition) is 1. The van der Waals surface area contributed by atoms with E-state index in [2.05, 4.69) is 15.1 Å². The van der Waals surface area contributed by atoms with Crippen LogP contribution < -0.4 is 10.5 Å². The highest BCUT2D eigenvalue weighted by molar-refractivity contribution is 5.79. The fourth-order valence-corrected chi connectivity index (χ4v) is 3.48. The fraction of sp³-hybridized carbons (Fsp3) is 0.368. The van der Waals surface area contributed by atoms with Gasteiger partial charge in [0.2, 0.25) is 0 Å². The zero-order valence-corrected chi connectivity index (χ0v) is 15.3. The van der Waals surface area contributed by atoms with Crippen LogP contribution in [0.1, 0.15) is 18.0 Å². The molecule has 3 heterocycles. The van der Waals surface area contributed by atoms with Gasteiger partial charge < -0.3 is 15.4 Å². The molecule has 3 aromatic rings. The Morgan fingerprint density at radius 1 is 1.29 bits per heavy atom. The Labute approximate surface area is 161 Å². The highest BCUT2D eigenvalue weighted by Crippen LogP contribution is 2.30. The van der Waals surface area contributed by atoms with Crippen LogP contribution >= 0.6 is 0 Å². The molecule has 1 fully saturated rings. The number of fused-ring (bicyclic) bond motifs is 1. The number of halogens is 1. The molecule has 4 rings (SSSR count). The second-order valence-corrected chi connectivity index (χ2v) is 6.67. The molecular weight excluding hydrogens is 363 g/mol. The largest absolute Gasteiger partial charge is 0.481 e. The van der Waals surface area contributed by atoms with Crippen molar-refractivity contribution in [1.82, 2.24) is 24.6 Å². The van der Waals surface area contributed by atoms with Gasteiger partial charge in [-0.05, 0) is 18.6 Å². The highest BCUT2D eigenvalue weighted by atomic mass is 19.1. The number of ether oxygens (including phenoxy) is 1. The first-order valence-electron chi connectivity index (χ1n) is 9.20. The van der Waals surface area contributed by atoms with Crippen LogP contribution in [0.5, 0.6) is 5.75 Å². The summed E-state index contributed by atoms with van der Waals surface area (Å²) >= 11 is 0. The van der Waals surface area contributed by atoms with E-state index in [4.69, 9.17) is 10.5 Å². The zero-order chi connectivity index (χ0) is 19.5. The van der Waals surface area contributed by atoms with Gasteiger partial charge in [0.05, 0.1) is 12.2 Å². The molecule has 8 nitrogen and oxygen atoms in total. The maximum atomic E-state index is 13.6. The predicted molar refractivity (Wildman–Crippen MR) is 100 cm³/mol. The molecule has 1 amide bonds. The Bertz CT molecular complexity index is 991. The Morgan fingerprint density at radius 3 is 2.93 bits per heavy atom. The summed E-state index contributed by atoms with van der Waals surface area (Å²) in [7, 11) is 0. The van der Waals surface area contributed by atoms with Crippen LogP contribution in [-0.4, -0.2) is 56.8 Å². The third-order valence-electron chi connectivity index (χ3n) is 4.85. The van der Waals surface area contributed by atoms with Crippen LogP contribution in [0.15, 0.2) is 36.7 Å². The number of rotatable bonds is 6. The molecule has 0 radical (unpaired) electrons. The van der Waals surface area contributed by atoms with Gasteiger partial charge in [0.15, 0.2) is 23.8 Å². The number of hydrogen-bond acceptors (Lipinski definition) is 6. The van der Waals surface area contributed by atoms with E-state index < -0.39 is 5.82 Å². The van der Waals surface area contributed by atoms with E-state index in [-0.39, 0.29) is 24.2 Å². The molecule has 146 valence electrons. The van der Waals surface area contributed by atoms with Crippen molar-refractivity contribution >= 4 is 17.1 Å². The molecule has 28 heavy (non-hydrogen) atoms. The van der Waals surface area contributed by atoms with Crippen molar-refractivity contribution in [2.24, 2.45) is 5.73 Å². The first-order chi connectivity index (χ1) is 13.7. The van der Waals surface area contributed by atoms with Crippen molar-refractivity contribution in [2.45, 2.75) is 18.9 Å². The number of carbonyl (C=O) groups is 1. The average molecular weight is 384 g/mol. The second kappa shape index (κ2) is 7.89. The van der Waals surface area contributed by atoms with Gasteiger partial charge in [-0.3, -0.25) is 4.79 Å². The molecule has 2 N–H and O–H groups in total. The summed E-state index contributed by atoms with van der Waals surface area (Å²) in [5.41, 5.74) is 7.95. The predicted octanol–water partition coefficient (Wildman–Crippen LogP) is 1.32. The van der Waals surface area contributed by atoms with Gasteiger partial charge in [-0.15, -0.1) is 0 Å². The first-order valence-corrected chi connectivity index (χ1v) is 9.20. The lowest BCUT2D eigenvalue weighted by Gasteiger charge is -2.16. The molecular formula is C19H21FN6O2. The van der Waals surface area contributed by atoms with Crippen LogP contribution in [0.3, 0.4) is 0 Å². The van der Waals surface area contributed by atoms with Crippen LogP contribution in [0, 0.1) is 5.82 Å². The van der Waals surface area contributed by atoms with Crippen LogP contribution in [0.2, 0.25) is 0 Å². The summed E-state index contributed by atoms with van der Waals surface area (Å²) in [5.74, 6) is -0.517. The molecule has 1 aromatic carbocycles. The summed E-state index contributed by atoms with van der Waals surface area (Å²) in [6, 6.07) is 6.05. The lowest BCUT2D eigenvalue weighted by atomic mass is 10.0. The topological polar surface area (TPSA) is 99.2 Å². The van der Waals surface area contributed by atoms with E-state index in [1.165, 1.54) is 12.1 Å². The SMILES string of the molecule is NCCn1nc(C2CCN(C(=O)COc3ccccc3F)C2)c2nccnc21. The molecule has 1 unspecified atom stereocenters. The maximum Gasteiger partial charge on any atom is 0.260 e. The quantitative estimate of drug-likeness (QED) is 0.688. The van der Waals surface area contributed by atoms with E-state index >= 15 is 0 Å². The maximum absolute atomic E-state index is 13.6. The van der Waals surface area contributed by atoms with Gasteiger partial charge >= 0.3 is 0 Å². The Kier molecular flexibility index (Phi) is 5.16. The van der Waals surface area contributed by atoms with Gasteiger partial charge in [-0.2, -0.15) is 5.10 Å². The Morgan fingerprint density at radius 2 is 2.11 bits per heavy atom. The number of nitrogens with two attached hydrogens (primary N) is 1. The molecule has 0 bridgehead atoms. The van der Waals surface area contributed by atoms with E-state index in [1.807, 2.05) is 0 Å². The molecule has 2 aromatic heterocycles. The summed E-state index contributed by atoms with van der Waals surface area (Å²) in [6.07, 6.45) is 4.04. The molecule has 1 atom stereocenters.